The molecule has 1 fully saturated rings. The van der Waals surface area contributed by atoms with Gasteiger partial charge < -0.3 is 10.3 Å². The number of hydrogen-bond acceptors (Lipinski definition) is 2. The lowest BCUT2D eigenvalue weighted by atomic mass is 10.1. The van der Waals surface area contributed by atoms with E-state index in [1.807, 2.05) is 12.3 Å². The summed E-state index contributed by atoms with van der Waals surface area (Å²) in [5.41, 5.74) is 8.20. The zero-order chi connectivity index (χ0) is 10.4. The number of hydrogen-bond donors (Lipinski definition) is 1. The SMILES string of the molecule is Cn1cc(C2CC2CN)c2cccnc21. The molecule has 1 aliphatic rings. The van der Waals surface area contributed by atoms with Gasteiger partial charge in [-0.25, -0.2) is 4.98 Å². The van der Waals surface area contributed by atoms with E-state index in [4.69, 9.17) is 5.73 Å². The summed E-state index contributed by atoms with van der Waals surface area (Å²) in [5.74, 6) is 1.36. The van der Waals surface area contributed by atoms with Gasteiger partial charge in [0.05, 0.1) is 0 Å². The Kier molecular flexibility index (Phi) is 1.83. The Morgan fingerprint density at radius 1 is 1.60 bits per heavy atom. The van der Waals surface area contributed by atoms with Crippen LogP contribution in [0.5, 0.6) is 0 Å². The summed E-state index contributed by atoms with van der Waals surface area (Å²) < 4.78 is 2.11. The highest BCUT2D eigenvalue weighted by Crippen LogP contribution is 2.48. The molecule has 2 aromatic heterocycles. The minimum atomic E-state index is 0.669. The van der Waals surface area contributed by atoms with E-state index in [9.17, 15) is 0 Å². The van der Waals surface area contributed by atoms with Gasteiger partial charge in [0, 0.05) is 24.8 Å². The number of rotatable bonds is 2. The summed E-state index contributed by atoms with van der Waals surface area (Å²) >= 11 is 0. The molecule has 0 bridgehead atoms. The van der Waals surface area contributed by atoms with Crippen LogP contribution in [-0.4, -0.2) is 16.1 Å². The molecule has 0 aromatic carbocycles. The Morgan fingerprint density at radius 3 is 3.20 bits per heavy atom. The maximum Gasteiger partial charge on any atom is 0.139 e. The number of nitrogens with two attached hydrogens (primary N) is 1. The van der Waals surface area contributed by atoms with Gasteiger partial charge in [0.1, 0.15) is 5.65 Å². The van der Waals surface area contributed by atoms with E-state index in [0.717, 1.165) is 12.2 Å². The third-order valence-corrected chi connectivity index (χ3v) is 3.39. The Bertz CT molecular complexity index is 501. The van der Waals surface area contributed by atoms with Gasteiger partial charge in [-0.15, -0.1) is 0 Å². The van der Waals surface area contributed by atoms with Gasteiger partial charge in [-0.2, -0.15) is 0 Å². The largest absolute Gasteiger partial charge is 0.335 e. The molecule has 0 saturated heterocycles. The van der Waals surface area contributed by atoms with Crippen molar-refractivity contribution < 1.29 is 0 Å². The molecule has 0 radical (unpaired) electrons. The molecule has 2 aromatic rings. The molecular formula is C12H15N3. The van der Waals surface area contributed by atoms with Crippen LogP contribution in [0.4, 0.5) is 0 Å². The second-order valence-electron chi connectivity index (χ2n) is 4.41. The minimum absolute atomic E-state index is 0.669. The first-order valence-corrected chi connectivity index (χ1v) is 5.41. The van der Waals surface area contributed by atoms with Gasteiger partial charge >= 0.3 is 0 Å². The summed E-state index contributed by atoms with van der Waals surface area (Å²) in [6.07, 6.45) is 5.29. The summed E-state index contributed by atoms with van der Waals surface area (Å²) in [4.78, 5) is 4.39. The zero-order valence-corrected chi connectivity index (χ0v) is 8.85. The van der Waals surface area contributed by atoms with Gasteiger partial charge in [0.15, 0.2) is 0 Å². The molecule has 0 spiro atoms. The quantitative estimate of drug-likeness (QED) is 0.802. The van der Waals surface area contributed by atoms with Crippen molar-refractivity contribution in [2.24, 2.45) is 18.7 Å². The normalized spacial score (nSPS) is 24.7. The predicted molar refractivity (Wildman–Crippen MR) is 60.6 cm³/mol. The van der Waals surface area contributed by atoms with Crippen molar-refractivity contribution in [3.05, 3.63) is 30.1 Å². The molecule has 3 rings (SSSR count). The molecule has 3 nitrogen and oxygen atoms in total. The van der Waals surface area contributed by atoms with Gasteiger partial charge in [0.2, 0.25) is 0 Å². The second-order valence-corrected chi connectivity index (χ2v) is 4.41. The monoisotopic (exact) mass is 201 g/mol. The Labute approximate surface area is 88.9 Å². The van der Waals surface area contributed by atoms with Crippen LogP contribution in [0.25, 0.3) is 11.0 Å². The van der Waals surface area contributed by atoms with E-state index in [-0.39, 0.29) is 0 Å². The fourth-order valence-corrected chi connectivity index (χ4v) is 2.43. The van der Waals surface area contributed by atoms with Crippen molar-refractivity contribution in [1.82, 2.24) is 9.55 Å². The lowest BCUT2D eigenvalue weighted by molar-refractivity contribution is 0.809. The van der Waals surface area contributed by atoms with E-state index in [2.05, 4.69) is 28.9 Å². The van der Waals surface area contributed by atoms with E-state index in [1.54, 1.807) is 0 Å². The van der Waals surface area contributed by atoms with Gasteiger partial charge in [0.25, 0.3) is 0 Å². The molecule has 2 heterocycles. The first kappa shape index (κ1) is 8.92. The first-order valence-electron chi connectivity index (χ1n) is 5.41. The highest BCUT2D eigenvalue weighted by Gasteiger charge is 2.38. The summed E-state index contributed by atoms with van der Waals surface area (Å²) in [6, 6.07) is 4.16. The van der Waals surface area contributed by atoms with Gasteiger partial charge in [-0.05, 0) is 42.5 Å². The van der Waals surface area contributed by atoms with E-state index in [0.29, 0.717) is 11.8 Å². The number of aryl methyl sites for hydroxylation is 1. The molecule has 1 aliphatic carbocycles. The molecule has 2 N–H and O–H groups in total. The van der Waals surface area contributed by atoms with Crippen LogP contribution in [0.1, 0.15) is 17.9 Å². The van der Waals surface area contributed by atoms with Crippen molar-refractivity contribution in [2.45, 2.75) is 12.3 Å². The molecule has 2 atom stereocenters. The lowest BCUT2D eigenvalue weighted by Gasteiger charge is -1.95. The van der Waals surface area contributed by atoms with Crippen LogP contribution in [-0.2, 0) is 7.05 Å². The van der Waals surface area contributed by atoms with Crippen molar-refractivity contribution in [2.75, 3.05) is 6.54 Å². The third kappa shape index (κ3) is 1.27. The standard InChI is InChI=1S/C12H15N3/c1-15-7-11(10-5-8(10)6-13)9-3-2-4-14-12(9)15/h2-4,7-8,10H,5-6,13H2,1H3. The molecule has 78 valence electrons. The van der Waals surface area contributed by atoms with E-state index >= 15 is 0 Å². The Balaban J connectivity index is 2.12. The molecule has 3 heteroatoms. The predicted octanol–water partition coefficient (Wildman–Crippen LogP) is 1.64. The number of aromatic nitrogens is 2. The van der Waals surface area contributed by atoms with Crippen molar-refractivity contribution >= 4 is 11.0 Å². The smallest absolute Gasteiger partial charge is 0.139 e. The number of nitrogens with zero attached hydrogens (tertiary/aromatic N) is 2. The highest BCUT2D eigenvalue weighted by atomic mass is 15.0. The topological polar surface area (TPSA) is 43.8 Å². The molecule has 1 saturated carbocycles. The molecule has 2 unspecified atom stereocenters. The summed E-state index contributed by atoms with van der Waals surface area (Å²) in [5, 5.41) is 1.29. The average molecular weight is 201 g/mol. The second kappa shape index (κ2) is 3.07. The van der Waals surface area contributed by atoms with Crippen molar-refractivity contribution in [3.8, 4) is 0 Å². The maximum absolute atomic E-state index is 5.69. The maximum atomic E-state index is 5.69. The van der Waals surface area contributed by atoms with Crippen LogP contribution < -0.4 is 5.73 Å². The van der Waals surface area contributed by atoms with Crippen molar-refractivity contribution in [3.63, 3.8) is 0 Å². The van der Waals surface area contributed by atoms with Crippen LogP contribution in [0.15, 0.2) is 24.5 Å². The fourth-order valence-electron chi connectivity index (χ4n) is 2.43. The molecule has 0 aliphatic heterocycles. The highest BCUT2D eigenvalue weighted by molar-refractivity contribution is 5.81. The van der Waals surface area contributed by atoms with Crippen molar-refractivity contribution in [1.29, 1.82) is 0 Å². The van der Waals surface area contributed by atoms with E-state index < -0.39 is 0 Å². The first-order chi connectivity index (χ1) is 7.31. The minimum Gasteiger partial charge on any atom is -0.335 e. The average Bonchev–Trinajstić information content (AvgIpc) is 2.98. The summed E-state index contributed by atoms with van der Waals surface area (Å²) in [6.45, 7) is 0.807. The molecule has 15 heavy (non-hydrogen) atoms. The fraction of sp³-hybridized carbons (Fsp3) is 0.417. The zero-order valence-electron chi connectivity index (χ0n) is 8.85. The van der Waals surface area contributed by atoms with Gasteiger partial charge in [-0.3, -0.25) is 0 Å². The van der Waals surface area contributed by atoms with Crippen LogP contribution in [0.2, 0.25) is 0 Å². The molecule has 0 amide bonds. The third-order valence-electron chi connectivity index (χ3n) is 3.39. The molecular weight excluding hydrogens is 186 g/mol. The lowest BCUT2D eigenvalue weighted by Crippen LogP contribution is -2.01. The van der Waals surface area contributed by atoms with E-state index in [1.165, 1.54) is 17.4 Å². The Morgan fingerprint density at radius 2 is 2.47 bits per heavy atom. The summed E-state index contributed by atoms with van der Waals surface area (Å²) in [7, 11) is 2.05. The number of fused-ring (bicyclic) bond motifs is 1. The van der Waals surface area contributed by atoms with Gasteiger partial charge in [-0.1, -0.05) is 0 Å². The van der Waals surface area contributed by atoms with Crippen LogP contribution in [0, 0.1) is 5.92 Å². The van der Waals surface area contributed by atoms with Crippen LogP contribution >= 0.6 is 0 Å². The Hall–Kier alpha value is -1.35. The van der Waals surface area contributed by atoms with Crippen LogP contribution in [0.3, 0.4) is 0 Å². The number of pyridine rings is 1.